The van der Waals surface area contributed by atoms with E-state index in [1.807, 2.05) is 4.90 Å². The minimum Gasteiger partial charge on any atom is -0.294 e. The highest BCUT2D eigenvalue weighted by Gasteiger charge is 2.70. The number of hydrogen-bond donors (Lipinski definition) is 0. The lowest BCUT2D eigenvalue weighted by Crippen LogP contribution is -2.41. The zero-order valence-electron chi connectivity index (χ0n) is 6.48. The van der Waals surface area contributed by atoms with Crippen LogP contribution in [0, 0.1) is 0 Å². The Morgan fingerprint density at radius 2 is 2.00 bits per heavy atom. The molecule has 2 rings (SSSR count). The zero-order chi connectivity index (χ0) is 8.28. The Morgan fingerprint density at radius 1 is 1.45 bits per heavy atom. The monoisotopic (exact) mass is 179 g/mol. The van der Waals surface area contributed by atoms with Gasteiger partial charge in [0.2, 0.25) is 0 Å². The summed E-state index contributed by atoms with van der Waals surface area (Å²) in [6.07, 6.45) is 1.34. The minimum atomic E-state index is -2.48. The van der Waals surface area contributed by atoms with Gasteiger partial charge in [-0.2, -0.15) is 0 Å². The Hall–Kier alpha value is 0.250. The van der Waals surface area contributed by atoms with Crippen molar-refractivity contribution in [3.63, 3.8) is 0 Å². The standard InChI is InChI=1S/C7H12F2NP/c1-10-4-5(11)7(8,9)6(10)2-3-6/h5H,2-4,11H2,1H3. The largest absolute Gasteiger partial charge is 0.294 e. The second kappa shape index (κ2) is 1.94. The Bertz CT molecular complexity index is 183. The molecule has 1 spiro atoms. The van der Waals surface area contributed by atoms with Crippen LogP contribution in [0.5, 0.6) is 0 Å². The summed E-state index contributed by atoms with van der Waals surface area (Å²) in [6, 6.07) is 0. The predicted octanol–water partition coefficient (Wildman–Crippen LogP) is 1.34. The van der Waals surface area contributed by atoms with Gasteiger partial charge in [0.05, 0.1) is 11.2 Å². The first kappa shape index (κ1) is 7.88. The number of nitrogens with zero attached hydrogens (tertiary/aromatic N) is 1. The molecule has 1 aliphatic carbocycles. The summed E-state index contributed by atoms with van der Waals surface area (Å²) in [6.45, 7) is 0.512. The maximum atomic E-state index is 13.4. The molecule has 0 aromatic carbocycles. The van der Waals surface area contributed by atoms with Crippen LogP contribution in [-0.2, 0) is 0 Å². The normalized spacial score (nSPS) is 39.8. The van der Waals surface area contributed by atoms with Crippen molar-refractivity contribution in [2.24, 2.45) is 0 Å². The fourth-order valence-corrected chi connectivity index (χ4v) is 2.64. The van der Waals surface area contributed by atoms with Crippen molar-refractivity contribution >= 4 is 9.24 Å². The average molecular weight is 179 g/mol. The molecule has 0 bridgehead atoms. The van der Waals surface area contributed by atoms with Crippen molar-refractivity contribution in [2.45, 2.75) is 30.0 Å². The third-order valence-electron chi connectivity index (χ3n) is 3.01. The van der Waals surface area contributed by atoms with E-state index in [-0.39, 0.29) is 0 Å². The van der Waals surface area contributed by atoms with Gasteiger partial charge in [-0.25, -0.2) is 8.78 Å². The molecule has 0 N–H and O–H groups in total. The van der Waals surface area contributed by atoms with Crippen LogP contribution in [0.2, 0.25) is 0 Å². The number of rotatable bonds is 0. The molecule has 2 atom stereocenters. The molecule has 1 nitrogen and oxygen atoms in total. The van der Waals surface area contributed by atoms with Gasteiger partial charge in [0.1, 0.15) is 0 Å². The van der Waals surface area contributed by atoms with E-state index >= 15 is 0 Å². The maximum absolute atomic E-state index is 13.4. The van der Waals surface area contributed by atoms with Gasteiger partial charge < -0.3 is 0 Å². The highest BCUT2D eigenvalue weighted by Crippen LogP contribution is 2.59. The first-order valence-corrected chi connectivity index (χ1v) is 4.52. The van der Waals surface area contributed by atoms with Crippen molar-refractivity contribution in [2.75, 3.05) is 13.6 Å². The van der Waals surface area contributed by atoms with Crippen LogP contribution in [0.3, 0.4) is 0 Å². The Balaban J connectivity index is 2.31. The van der Waals surface area contributed by atoms with E-state index in [2.05, 4.69) is 9.24 Å². The van der Waals surface area contributed by atoms with Crippen LogP contribution < -0.4 is 0 Å². The molecular formula is C7H12F2NP. The van der Waals surface area contributed by atoms with Gasteiger partial charge in [0.25, 0.3) is 5.92 Å². The van der Waals surface area contributed by atoms with E-state index < -0.39 is 17.1 Å². The first-order chi connectivity index (χ1) is 5.01. The summed E-state index contributed by atoms with van der Waals surface area (Å²) in [7, 11) is 4.05. The van der Waals surface area contributed by atoms with Gasteiger partial charge in [0.15, 0.2) is 0 Å². The van der Waals surface area contributed by atoms with Crippen molar-refractivity contribution in [1.82, 2.24) is 4.90 Å². The topological polar surface area (TPSA) is 3.24 Å². The molecule has 0 aromatic heterocycles. The van der Waals surface area contributed by atoms with Crippen molar-refractivity contribution in [3.8, 4) is 0 Å². The van der Waals surface area contributed by atoms with Gasteiger partial charge in [-0.3, -0.25) is 4.90 Å². The summed E-state index contributed by atoms with van der Waals surface area (Å²) in [5.74, 6) is -2.48. The van der Waals surface area contributed by atoms with Crippen LogP contribution in [0.1, 0.15) is 12.8 Å². The molecule has 2 unspecified atom stereocenters. The molecule has 1 saturated heterocycles. The molecule has 1 aliphatic heterocycles. The third kappa shape index (κ3) is 0.762. The molecule has 0 radical (unpaired) electrons. The van der Waals surface area contributed by atoms with E-state index in [4.69, 9.17) is 0 Å². The number of hydrogen-bond acceptors (Lipinski definition) is 1. The van der Waals surface area contributed by atoms with E-state index in [0.717, 1.165) is 0 Å². The summed E-state index contributed by atoms with van der Waals surface area (Å²) in [4.78, 5) is 1.81. The Labute approximate surface area is 67.3 Å². The average Bonchev–Trinajstić information content (AvgIpc) is 2.62. The van der Waals surface area contributed by atoms with Gasteiger partial charge in [-0.05, 0) is 19.9 Å². The lowest BCUT2D eigenvalue weighted by Gasteiger charge is -2.24. The summed E-state index contributed by atoms with van der Waals surface area (Å²) < 4.78 is 26.7. The van der Waals surface area contributed by atoms with Crippen LogP contribution in [-0.4, -0.2) is 35.6 Å². The molecular weight excluding hydrogens is 167 g/mol. The van der Waals surface area contributed by atoms with Crippen LogP contribution >= 0.6 is 9.24 Å². The SMILES string of the molecule is CN1CC(P)C(F)(F)C12CC2. The quantitative estimate of drug-likeness (QED) is 0.507. The molecule has 4 heteroatoms. The molecule has 0 aromatic rings. The Morgan fingerprint density at radius 3 is 2.18 bits per heavy atom. The molecule has 2 fully saturated rings. The number of alkyl halides is 2. The minimum absolute atomic E-state index is 0.512. The number of likely N-dealkylation sites (tertiary alicyclic amines) is 1. The summed E-state index contributed by atoms with van der Waals surface area (Å²) >= 11 is 0. The smallest absolute Gasteiger partial charge is 0.273 e. The summed E-state index contributed by atoms with van der Waals surface area (Å²) in [5, 5.41) is 0. The Kier molecular flexibility index (Phi) is 1.39. The second-order valence-electron chi connectivity index (χ2n) is 3.64. The van der Waals surface area contributed by atoms with Crippen LogP contribution in [0.25, 0.3) is 0 Å². The van der Waals surface area contributed by atoms with Crippen LogP contribution in [0.15, 0.2) is 0 Å². The van der Waals surface area contributed by atoms with Crippen molar-refractivity contribution < 1.29 is 8.78 Å². The molecule has 1 heterocycles. The maximum Gasteiger partial charge on any atom is 0.273 e. The molecule has 11 heavy (non-hydrogen) atoms. The van der Waals surface area contributed by atoms with E-state index in [9.17, 15) is 8.78 Å². The molecule has 0 amide bonds. The van der Waals surface area contributed by atoms with E-state index in [1.54, 1.807) is 7.05 Å². The van der Waals surface area contributed by atoms with Crippen LogP contribution in [0.4, 0.5) is 8.78 Å². The molecule has 2 aliphatic rings. The third-order valence-corrected chi connectivity index (χ3v) is 3.64. The predicted molar refractivity (Wildman–Crippen MR) is 43.0 cm³/mol. The zero-order valence-corrected chi connectivity index (χ0v) is 7.63. The second-order valence-corrected chi connectivity index (χ2v) is 4.45. The lowest BCUT2D eigenvalue weighted by atomic mass is 10.1. The van der Waals surface area contributed by atoms with Crippen molar-refractivity contribution in [3.05, 3.63) is 0 Å². The van der Waals surface area contributed by atoms with Gasteiger partial charge in [0, 0.05) is 6.54 Å². The van der Waals surface area contributed by atoms with Crippen molar-refractivity contribution in [1.29, 1.82) is 0 Å². The number of halogens is 2. The van der Waals surface area contributed by atoms with Gasteiger partial charge >= 0.3 is 0 Å². The van der Waals surface area contributed by atoms with E-state index in [1.165, 1.54) is 0 Å². The van der Waals surface area contributed by atoms with E-state index in [0.29, 0.717) is 19.4 Å². The highest BCUT2D eigenvalue weighted by molar-refractivity contribution is 7.17. The molecule has 1 saturated carbocycles. The van der Waals surface area contributed by atoms with Gasteiger partial charge in [-0.15, -0.1) is 9.24 Å². The fourth-order valence-electron chi connectivity index (χ4n) is 2.02. The molecule has 64 valence electrons. The highest BCUT2D eigenvalue weighted by atomic mass is 31.0. The van der Waals surface area contributed by atoms with Gasteiger partial charge in [-0.1, -0.05) is 0 Å². The lowest BCUT2D eigenvalue weighted by molar-refractivity contribution is -0.0383. The summed E-state index contributed by atoms with van der Waals surface area (Å²) in [5.41, 5.74) is -1.30. The fraction of sp³-hybridized carbons (Fsp3) is 1.00. The first-order valence-electron chi connectivity index (χ1n) is 3.85.